The molecule has 0 aliphatic carbocycles. The Morgan fingerprint density at radius 2 is 2.05 bits per heavy atom. The lowest BCUT2D eigenvalue weighted by atomic mass is 10.2. The summed E-state index contributed by atoms with van der Waals surface area (Å²) in [7, 11) is 1.66. The molecule has 1 aliphatic heterocycles. The van der Waals surface area contributed by atoms with Crippen LogP contribution in [0.3, 0.4) is 0 Å². The summed E-state index contributed by atoms with van der Waals surface area (Å²) in [5, 5.41) is 7.94. The summed E-state index contributed by atoms with van der Waals surface area (Å²) in [5.74, 6) is 2.84. The van der Waals surface area contributed by atoms with Gasteiger partial charge in [0.1, 0.15) is 24.2 Å². The van der Waals surface area contributed by atoms with Crippen molar-refractivity contribution in [3.05, 3.63) is 35.4 Å². The van der Waals surface area contributed by atoms with Gasteiger partial charge >= 0.3 is 0 Å². The quantitative estimate of drug-likeness (QED) is 0.837. The zero-order valence-corrected chi connectivity index (χ0v) is 13.1. The summed E-state index contributed by atoms with van der Waals surface area (Å²) in [6.45, 7) is 6.57. The Labute approximate surface area is 129 Å². The van der Waals surface area contributed by atoms with Crippen LogP contribution in [-0.2, 0) is 22.6 Å². The molecule has 0 amide bonds. The number of morpholine rings is 1. The smallest absolute Gasteiger partial charge is 0.246 e. The standard InChI is InChI=1S/C15H21N3O4/c1-10-6-18(7-12-4-5-13(22-12)9-19-3)8-14(20-10)15-17-16-11(2)21-15/h4-5,10,14H,6-9H2,1-3H3/t10-,14-/m1/s1. The van der Waals surface area contributed by atoms with Crippen molar-refractivity contribution < 1.29 is 18.3 Å². The van der Waals surface area contributed by atoms with Crippen molar-refractivity contribution in [2.75, 3.05) is 20.2 Å². The van der Waals surface area contributed by atoms with E-state index in [9.17, 15) is 0 Å². The number of hydrogen-bond acceptors (Lipinski definition) is 7. The van der Waals surface area contributed by atoms with Gasteiger partial charge in [0, 0.05) is 27.1 Å². The van der Waals surface area contributed by atoms with E-state index in [1.807, 2.05) is 19.1 Å². The Hall–Kier alpha value is -1.70. The van der Waals surface area contributed by atoms with Gasteiger partial charge in [-0.1, -0.05) is 0 Å². The summed E-state index contributed by atoms with van der Waals surface area (Å²) in [6.07, 6.45) is -0.0993. The second-order valence-electron chi connectivity index (χ2n) is 5.59. The highest BCUT2D eigenvalue weighted by Gasteiger charge is 2.30. The minimum Gasteiger partial charge on any atom is -0.462 e. The van der Waals surface area contributed by atoms with Crippen molar-refractivity contribution in [2.24, 2.45) is 0 Å². The SMILES string of the molecule is COCc1ccc(CN2C[C@@H](C)O[C@@H](c3nnc(C)o3)C2)o1. The van der Waals surface area contributed by atoms with Crippen molar-refractivity contribution in [2.45, 2.75) is 39.2 Å². The Bertz CT molecular complexity index is 609. The van der Waals surface area contributed by atoms with Crippen LogP contribution in [0, 0.1) is 6.92 Å². The molecule has 1 fully saturated rings. The largest absolute Gasteiger partial charge is 0.462 e. The number of nitrogens with zero attached hydrogens (tertiary/aromatic N) is 3. The molecule has 7 heteroatoms. The monoisotopic (exact) mass is 307 g/mol. The second-order valence-corrected chi connectivity index (χ2v) is 5.59. The number of aromatic nitrogens is 2. The Morgan fingerprint density at radius 3 is 2.77 bits per heavy atom. The fourth-order valence-electron chi connectivity index (χ4n) is 2.69. The number of methoxy groups -OCH3 is 1. The van der Waals surface area contributed by atoms with Crippen LogP contribution in [0.1, 0.15) is 36.3 Å². The van der Waals surface area contributed by atoms with Crippen LogP contribution < -0.4 is 0 Å². The van der Waals surface area contributed by atoms with Crippen LogP contribution in [0.4, 0.5) is 0 Å². The molecule has 0 N–H and O–H groups in total. The lowest BCUT2D eigenvalue weighted by Crippen LogP contribution is -2.42. The van der Waals surface area contributed by atoms with Gasteiger partial charge in [0.15, 0.2) is 0 Å². The third-order valence-corrected chi connectivity index (χ3v) is 3.54. The van der Waals surface area contributed by atoms with Crippen LogP contribution in [0.15, 0.2) is 21.0 Å². The molecule has 0 aromatic carbocycles. The zero-order chi connectivity index (χ0) is 15.5. The van der Waals surface area contributed by atoms with Crippen LogP contribution in [0.5, 0.6) is 0 Å². The molecule has 0 unspecified atom stereocenters. The van der Waals surface area contributed by atoms with Crippen molar-refractivity contribution in [1.29, 1.82) is 0 Å². The first kappa shape index (κ1) is 15.2. The van der Waals surface area contributed by atoms with Crippen LogP contribution >= 0.6 is 0 Å². The van der Waals surface area contributed by atoms with Crippen LogP contribution in [-0.4, -0.2) is 41.4 Å². The van der Waals surface area contributed by atoms with E-state index in [4.69, 9.17) is 18.3 Å². The molecule has 0 bridgehead atoms. The van der Waals surface area contributed by atoms with Gasteiger partial charge in [0.05, 0.1) is 12.6 Å². The third kappa shape index (κ3) is 3.55. The first-order valence-electron chi connectivity index (χ1n) is 7.38. The van der Waals surface area contributed by atoms with Gasteiger partial charge in [-0.3, -0.25) is 4.90 Å². The van der Waals surface area contributed by atoms with Gasteiger partial charge in [-0.25, -0.2) is 0 Å². The maximum absolute atomic E-state index is 5.91. The average Bonchev–Trinajstić information content (AvgIpc) is 3.08. The third-order valence-electron chi connectivity index (χ3n) is 3.54. The van der Waals surface area contributed by atoms with E-state index in [1.165, 1.54) is 0 Å². The Balaban J connectivity index is 1.65. The first-order chi connectivity index (χ1) is 10.6. The van der Waals surface area contributed by atoms with Crippen LogP contribution in [0.25, 0.3) is 0 Å². The van der Waals surface area contributed by atoms with Crippen LogP contribution in [0.2, 0.25) is 0 Å². The molecule has 1 aliphatic rings. The molecular weight excluding hydrogens is 286 g/mol. The number of hydrogen-bond donors (Lipinski definition) is 0. The van der Waals surface area contributed by atoms with E-state index in [2.05, 4.69) is 15.1 Å². The van der Waals surface area contributed by atoms with E-state index in [0.717, 1.165) is 24.6 Å². The molecule has 0 saturated carbocycles. The summed E-state index contributed by atoms with van der Waals surface area (Å²) in [6, 6.07) is 3.93. The number of ether oxygens (including phenoxy) is 2. The van der Waals surface area contributed by atoms with Gasteiger partial charge in [-0.05, 0) is 19.1 Å². The van der Waals surface area contributed by atoms with E-state index in [1.54, 1.807) is 14.0 Å². The fraction of sp³-hybridized carbons (Fsp3) is 0.600. The highest BCUT2D eigenvalue weighted by atomic mass is 16.5. The van der Waals surface area contributed by atoms with Gasteiger partial charge in [-0.2, -0.15) is 0 Å². The maximum Gasteiger partial charge on any atom is 0.246 e. The van der Waals surface area contributed by atoms with E-state index in [-0.39, 0.29) is 12.2 Å². The maximum atomic E-state index is 5.91. The minimum absolute atomic E-state index is 0.0966. The average molecular weight is 307 g/mol. The molecule has 2 atom stereocenters. The molecule has 2 aromatic heterocycles. The van der Waals surface area contributed by atoms with Gasteiger partial charge < -0.3 is 18.3 Å². The van der Waals surface area contributed by atoms with Crippen molar-refractivity contribution in [3.8, 4) is 0 Å². The molecule has 3 heterocycles. The fourth-order valence-corrected chi connectivity index (χ4v) is 2.69. The second kappa shape index (κ2) is 6.60. The predicted octanol–water partition coefficient (Wildman–Crippen LogP) is 2.08. The molecular formula is C15H21N3O4. The lowest BCUT2D eigenvalue weighted by Gasteiger charge is -2.34. The molecule has 7 nitrogen and oxygen atoms in total. The molecule has 22 heavy (non-hydrogen) atoms. The molecule has 1 saturated heterocycles. The minimum atomic E-state index is -0.196. The van der Waals surface area contributed by atoms with Crippen molar-refractivity contribution >= 4 is 0 Å². The summed E-state index contributed by atoms with van der Waals surface area (Å²) in [4.78, 5) is 2.27. The first-order valence-corrected chi connectivity index (χ1v) is 7.38. The summed E-state index contributed by atoms with van der Waals surface area (Å²) in [5.41, 5.74) is 0. The van der Waals surface area contributed by atoms with Crippen molar-refractivity contribution in [1.82, 2.24) is 15.1 Å². The zero-order valence-electron chi connectivity index (χ0n) is 13.1. The number of rotatable bonds is 5. The lowest BCUT2D eigenvalue weighted by molar-refractivity contribution is -0.0930. The summed E-state index contributed by atoms with van der Waals surface area (Å²) >= 11 is 0. The Morgan fingerprint density at radius 1 is 1.23 bits per heavy atom. The predicted molar refractivity (Wildman–Crippen MR) is 77.0 cm³/mol. The molecule has 0 radical (unpaired) electrons. The van der Waals surface area contributed by atoms with E-state index >= 15 is 0 Å². The highest BCUT2D eigenvalue weighted by Crippen LogP contribution is 2.25. The molecule has 0 spiro atoms. The molecule has 3 rings (SSSR count). The Kier molecular flexibility index (Phi) is 4.56. The normalized spacial score (nSPS) is 23.0. The molecule has 120 valence electrons. The summed E-state index contributed by atoms with van der Waals surface area (Å²) < 4.78 is 22.2. The number of aryl methyl sites for hydroxylation is 1. The van der Waals surface area contributed by atoms with Gasteiger partial charge in [-0.15, -0.1) is 10.2 Å². The van der Waals surface area contributed by atoms with Crippen molar-refractivity contribution in [3.63, 3.8) is 0 Å². The van der Waals surface area contributed by atoms with Gasteiger partial charge in [0.2, 0.25) is 11.8 Å². The topological polar surface area (TPSA) is 73.8 Å². The highest BCUT2D eigenvalue weighted by molar-refractivity contribution is 5.07. The number of furan rings is 1. The van der Waals surface area contributed by atoms with Gasteiger partial charge in [0.25, 0.3) is 0 Å². The molecule has 2 aromatic rings. The van der Waals surface area contributed by atoms with E-state index < -0.39 is 0 Å². The van der Waals surface area contributed by atoms with E-state index in [0.29, 0.717) is 24.9 Å².